The molecule has 1 aromatic carbocycles. The summed E-state index contributed by atoms with van der Waals surface area (Å²) in [6.45, 7) is 6.70. The van der Waals surface area contributed by atoms with Gasteiger partial charge in [-0.1, -0.05) is 0 Å². The van der Waals surface area contributed by atoms with Gasteiger partial charge >= 0.3 is 6.18 Å². The molecule has 0 aliphatic carbocycles. The normalized spacial score (nSPS) is 18.2. The smallest absolute Gasteiger partial charge is 0.378 e. The molecule has 0 amide bonds. The number of morpholine rings is 1. The van der Waals surface area contributed by atoms with Crippen LogP contribution in [-0.2, 0) is 17.5 Å². The highest BCUT2D eigenvalue weighted by atomic mass is 32.1. The molecule has 12 heteroatoms. The molecule has 0 saturated carbocycles. The summed E-state index contributed by atoms with van der Waals surface area (Å²) in [5, 5.41) is 0.645. The van der Waals surface area contributed by atoms with Crippen molar-refractivity contribution in [3.05, 3.63) is 40.9 Å². The first-order chi connectivity index (χ1) is 18.4. The molecule has 2 aliphatic rings. The van der Waals surface area contributed by atoms with Crippen LogP contribution >= 0.6 is 11.3 Å². The third-order valence-electron chi connectivity index (χ3n) is 7.20. The van der Waals surface area contributed by atoms with Gasteiger partial charge in [-0.3, -0.25) is 9.80 Å². The molecule has 2 saturated heterocycles. The molecule has 0 unspecified atom stereocenters. The lowest BCUT2D eigenvalue weighted by atomic mass is 10.0. The van der Waals surface area contributed by atoms with Gasteiger partial charge in [-0.25, -0.2) is 14.4 Å². The van der Waals surface area contributed by atoms with Crippen LogP contribution in [0, 0.1) is 0 Å². The topological polar surface area (TPSA) is 60.5 Å². The molecule has 0 bridgehead atoms. The molecule has 6 rings (SSSR count). The lowest BCUT2D eigenvalue weighted by molar-refractivity contribution is -0.137. The van der Waals surface area contributed by atoms with Crippen LogP contribution in [0.5, 0.6) is 0 Å². The van der Waals surface area contributed by atoms with E-state index in [-0.39, 0.29) is 12.5 Å². The van der Waals surface area contributed by atoms with Crippen LogP contribution in [0.25, 0.3) is 32.5 Å². The van der Waals surface area contributed by atoms with Gasteiger partial charge in [-0.15, -0.1) is 11.3 Å². The number of thiophene rings is 1. The van der Waals surface area contributed by atoms with Crippen molar-refractivity contribution in [1.29, 1.82) is 0 Å². The Hall–Kier alpha value is -2.80. The van der Waals surface area contributed by atoms with Crippen LogP contribution in [0.1, 0.15) is 10.4 Å². The summed E-state index contributed by atoms with van der Waals surface area (Å²) in [4.78, 5) is 20.3. The van der Waals surface area contributed by atoms with Crippen LogP contribution in [0.4, 0.5) is 23.4 Å². The fourth-order valence-corrected chi connectivity index (χ4v) is 6.33. The number of piperazine rings is 1. The van der Waals surface area contributed by atoms with Crippen molar-refractivity contribution in [3.8, 4) is 11.4 Å². The number of aromatic amines is 1. The van der Waals surface area contributed by atoms with E-state index in [0.717, 1.165) is 65.8 Å². The number of nitrogens with one attached hydrogen (secondary N) is 1. The van der Waals surface area contributed by atoms with Crippen molar-refractivity contribution in [2.45, 2.75) is 12.7 Å². The maximum absolute atomic E-state index is 13.7. The van der Waals surface area contributed by atoms with Gasteiger partial charge in [0.15, 0.2) is 11.6 Å². The van der Waals surface area contributed by atoms with Crippen LogP contribution in [0.2, 0.25) is 0 Å². The third kappa shape index (κ3) is 5.09. The molecule has 202 valence electrons. The second-order valence-corrected chi connectivity index (χ2v) is 10.8. The summed E-state index contributed by atoms with van der Waals surface area (Å²) in [7, 11) is 0. The van der Waals surface area contributed by atoms with E-state index in [1.54, 1.807) is 23.6 Å². The van der Waals surface area contributed by atoms with Gasteiger partial charge in [-0.2, -0.15) is 13.2 Å². The Morgan fingerprint density at radius 2 is 1.74 bits per heavy atom. The zero-order chi connectivity index (χ0) is 26.3. The number of alkyl halides is 4. The Balaban J connectivity index is 1.40. The van der Waals surface area contributed by atoms with Gasteiger partial charge in [0.1, 0.15) is 6.67 Å². The average molecular weight is 549 g/mol. The minimum Gasteiger partial charge on any atom is -0.378 e. The third-order valence-corrected chi connectivity index (χ3v) is 8.30. The molecule has 4 aromatic rings. The quantitative estimate of drug-likeness (QED) is 0.350. The van der Waals surface area contributed by atoms with E-state index in [4.69, 9.17) is 14.7 Å². The average Bonchev–Trinajstić information content (AvgIpc) is 3.55. The number of hydrogen-bond acceptors (Lipinski definition) is 7. The second-order valence-electron chi connectivity index (χ2n) is 9.66. The van der Waals surface area contributed by atoms with Gasteiger partial charge in [0.25, 0.3) is 0 Å². The number of H-pyrrole nitrogens is 1. The van der Waals surface area contributed by atoms with E-state index < -0.39 is 11.7 Å². The van der Waals surface area contributed by atoms with Gasteiger partial charge in [0.2, 0.25) is 0 Å². The molecule has 2 aliphatic heterocycles. The molecule has 38 heavy (non-hydrogen) atoms. The van der Waals surface area contributed by atoms with Gasteiger partial charge in [0.05, 0.1) is 29.0 Å². The Bertz CT molecular complexity index is 1420. The monoisotopic (exact) mass is 548 g/mol. The number of aromatic nitrogens is 3. The summed E-state index contributed by atoms with van der Waals surface area (Å²) < 4.78 is 60.4. The Kier molecular flexibility index (Phi) is 6.97. The number of anilines is 1. The van der Waals surface area contributed by atoms with Crippen molar-refractivity contribution >= 4 is 38.3 Å². The number of fused-ring (bicyclic) bond motifs is 2. The van der Waals surface area contributed by atoms with Crippen molar-refractivity contribution in [1.82, 2.24) is 24.8 Å². The fraction of sp³-hybridized carbons (Fsp3) is 0.462. The van der Waals surface area contributed by atoms with Gasteiger partial charge in [-0.05, 0) is 24.3 Å². The molecular weight excluding hydrogens is 520 g/mol. The highest BCUT2D eigenvalue weighted by molar-refractivity contribution is 7.19. The molecule has 1 N–H and O–H groups in total. The van der Waals surface area contributed by atoms with E-state index in [2.05, 4.69) is 19.7 Å². The van der Waals surface area contributed by atoms with Gasteiger partial charge in [0, 0.05) is 79.9 Å². The molecular formula is C26H28F4N6OS. The number of rotatable bonds is 6. The summed E-state index contributed by atoms with van der Waals surface area (Å²) in [5.74, 6) is 1.01. The number of benzene rings is 1. The van der Waals surface area contributed by atoms with Crippen LogP contribution in [-0.4, -0.2) is 90.5 Å². The number of ether oxygens (including phenoxy) is 1. The molecule has 2 fully saturated rings. The maximum Gasteiger partial charge on any atom is 0.416 e. The Morgan fingerprint density at radius 3 is 2.47 bits per heavy atom. The van der Waals surface area contributed by atoms with E-state index in [1.807, 2.05) is 6.07 Å². The number of hydrogen-bond donors (Lipinski definition) is 1. The summed E-state index contributed by atoms with van der Waals surface area (Å²) >= 11 is 1.63. The standard InChI is InChI=1S/C26H28F4N6OS/c27-2-4-34-5-7-35(8-6-34)16-18-15-22-23(38-18)25(36-9-11-37-12-10-36)33-24(32-22)20-13-17(26(28,29)30)14-21-19(20)1-3-31-21/h1,3,13-15,31H,2,4-12,16H2. The maximum atomic E-state index is 13.7. The zero-order valence-corrected chi connectivity index (χ0v) is 21.5. The molecule has 0 radical (unpaired) electrons. The number of halogens is 4. The highest BCUT2D eigenvalue weighted by Gasteiger charge is 2.32. The minimum absolute atomic E-state index is 0.277. The largest absolute Gasteiger partial charge is 0.416 e. The first-order valence-electron chi connectivity index (χ1n) is 12.7. The Morgan fingerprint density at radius 1 is 0.974 bits per heavy atom. The van der Waals surface area contributed by atoms with E-state index in [9.17, 15) is 17.6 Å². The van der Waals surface area contributed by atoms with Crippen LogP contribution in [0.3, 0.4) is 0 Å². The summed E-state index contributed by atoms with van der Waals surface area (Å²) in [5.41, 5.74) is 0.735. The summed E-state index contributed by atoms with van der Waals surface area (Å²) in [6.07, 6.45) is -2.86. The minimum atomic E-state index is -4.49. The number of nitrogens with zero attached hydrogens (tertiary/aromatic N) is 5. The molecule has 0 spiro atoms. The molecule has 5 heterocycles. The first-order valence-corrected chi connectivity index (χ1v) is 13.5. The lowest BCUT2D eigenvalue weighted by Crippen LogP contribution is -2.46. The molecule has 3 aromatic heterocycles. The second kappa shape index (κ2) is 10.4. The van der Waals surface area contributed by atoms with Crippen molar-refractivity contribution in [3.63, 3.8) is 0 Å². The van der Waals surface area contributed by atoms with E-state index >= 15 is 0 Å². The van der Waals surface area contributed by atoms with Crippen LogP contribution in [0.15, 0.2) is 30.5 Å². The first kappa shape index (κ1) is 25.5. The summed E-state index contributed by atoms with van der Waals surface area (Å²) in [6, 6.07) is 6.06. The van der Waals surface area contributed by atoms with Gasteiger partial charge < -0.3 is 14.6 Å². The van der Waals surface area contributed by atoms with Crippen molar-refractivity contribution in [2.75, 3.05) is 70.6 Å². The Labute approximate surface area is 221 Å². The molecule has 7 nitrogen and oxygen atoms in total. The van der Waals surface area contributed by atoms with Crippen molar-refractivity contribution < 1.29 is 22.3 Å². The van der Waals surface area contributed by atoms with Crippen molar-refractivity contribution in [2.24, 2.45) is 0 Å². The van der Waals surface area contributed by atoms with E-state index in [0.29, 0.717) is 49.3 Å². The highest BCUT2D eigenvalue weighted by Crippen LogP contribution is 2.39. The van der Waals surface area contributed by atoms with E-state index in [1.165, 1.54) is 0 Å². The SMILES string of the molecule is FCCN1CCN(Cc2cc3nc(-c4cc(C(F)(F)F)cc5[nH]ccc45)nc(N4CCOCC4)c3s2)CC1. The van der Waals surface area contributed by atoms with Crippen LogP contribution < -0.4 is 4.90 Å². The predicted molar refractivity (Wildman–Crippen MR) is 140 cm³/mol. The zero-order valence-electron chi connectivity index (χ0n) is 20.7. The molecule has 0 atom stereocenters. The fourth-order valence-electron chi connectivity index (χ4n) is 5.18. The predicted octanol–water partition coefficient (Wildman–Crippen LogP) is 4.78. The lowest BCUT2D eigenvalue weighted by Gasteiger charge is -2.33.